The topological polar surface area (TPSA) is 69.6 Å². The lowest BCUT2D eigenvalue weighted by molar-refractivity contribution is 0.787. The number of unbranched alkanes of at least 4 members (excludes halogenated alkanes) is 1. The molecule has 5 nitrogen and oxygen atoms in total. The monoisotopic (exact) mass is 307 g/mol. The first kappa shape index (κ1) is 15.4. The van der Waals surface area contributed by atoms with Gasteiger partial charge in [-0.1, -0.05) is 30.7 Å². The van der Waals surface area contributed by atoms with E-state index in [2.05, 4.69) is 46.5 Å². The molecule has 118 valence electrons. The molecule has 2 N–H and O–H groups in total. The summed E-state index contributed by atoms with van der Waals surface area (Å²) in [6.07, 6.45) is 7.06. The summed E-state index contributed by atoms with van der Waals surface area (Å²) < 4.78 is 1.85. The van der Waals surface area contributed by atoms with Crippen LogP contribution in [0.2, 0.25) is 0 Å². The summed E-state index contributed by atoms with van der Waals surface area (Å²) >= 11 is 0. The second-order valence-corrected chi connectivity index (χ2v) is 5.51. The van der Waals surface area contributed by atoms with Crippen LogP contribution < -0.4 is 5.73 Å². The molecule has 1 aromatic carbocycles. The van der Waals surface area contributed by atoms with Crippen molar-refractivity contribution in [2.24, 2.45) is 5.73 Å². The van der Waals surface area contributed by atoms with Gasteiger partial charge in [0.15, 0.2) is 0 Å². The maximum atomic E-state index is 5.83. The zero-order valence-corrected chi connectivity index (χ0v) is 13.3. The van der Waals surface area contributed by atoms with Crippen LogP contribution in [0, 0.1) is 0 Å². The molecule has 0 fully saturated rings. The molecular formula is C18H21N5. The van der Waals surface area contributed by atoms with E-state index in [1.54, 1.807) is 12.4 Å². The van der Waals surface area contributed by atoms with E-state index in [4.69, 9.17) is 5.73 Å². The van der Waals surface area contributed by atoms with E-state index in [-0.39, 0.29) is 0 Å². The van der Waals surface area contributed by atoms with E-state index in [0.29, 0.717) is 6.54 Å². The Morgan fingerprint density at radius 3 is 2.43 bits per heavy atom. The average molecular weight is 307 g/mol. The van der Waals surface area contributed by atoms with E-state index < -0.39 is 0 Å². The van der Waals surface area contributed by atoms with Crippen molar-refractivity contribution in [3.63, 3.8) is 0 Å². The first-order valence-electron chi connectivity index (χ1n) is 7.98. The highest BCUT2D eigenvalue weighted by atomic mass is 15.4. The summed E-state index contributed by atoms with van der Waals surface area (Å²) in [6, 6.07) is 12.4. The molecule has 5 heteroatoms. The summed E-state index contributed by atoms with van der Waals surface area (Å²) in [7, 11) is 0. The number of pyridine rings is 1. The van der Waals surface area contributed by atoms with Crippen LogP contribution in [-0.4, -0.2) is 20.0 Å². The SMILES string of the molecule is CCCCc1ccc(-n2nnc(CN)c2-c2ccncc2)cc1. The lowest BCUT2D eigenvalue weighted by Gasteiger charge is -2.09. The molecule has 0 amide bonds. The van der Waals surface area contributed by atoms with Crippen molar-refractivity contribution < 1.29 is 0 Å². The van der Waals surface area contributed by atoms with Crippen LogP contribution in [0.5, 0.6) is 0 Å². The Morgan fingerprint density at radius 1 is 1.04 bits per heavy atom. The summed E-state index contributed by atoms with van der Waals surface area (Å²) in [6.45, 7) is 2.56. The number of nitrogens with two attached hydrogens (primary N) is 1. The number of aryl methyl sites for hydroxylation is 1. The Hall–Kier alpha value is -2.53. The number of aromatic nitrogens is 4. The Bertz CT molecular complexity index is 747. The van der Waals surface area contributed by atoms with Crippen molar-refractivity contribution in [3.05, 3.63) is 60.0 Å². The van der Waals surface area contributed by atoms with Crippen molar-refractivity contribution in [2.75, 3.05) is 0 Å². The van der Waals surface area contributed by atoms with E-state index in [1.807, 2.05) is 16.8 Å². The summed E-state index contributed by atoms with van der Waals surface area (Å²) in [5.41, 5.74) is 10.9. The highest BCUT2D eigenvalue weighted by Crippen LogP contribution is 2.24. The fourth-order valence-electron chi connectivity index (χ4n) is 2.61. The Labute approximate surface area is 136 Å². The third-order valence-electron chi connectivity index (χ3n) is 3.89. The first-order chi connectivity index (χ1) is 11.3. The van der Waals surface area contributed by atoms with Crippen LogP contribution in [-0.2, 0) is 13.0 Å². The maximum absolute atomic E-state index is 5.83. The smallest absolute Gasteiger partial charge is 0.105 e. The molecule has 0 aliphatic rings. The molecule has 0 aliphatic heterocycles. The van der Waals surface area contributed by atoms with Crippen LogP contribution in [0.25, 0.3) is 16.9 Å². The van der Waals surface area contributed by atoms with Gasteiger partial charge < -0.3 is 5.73 Å². The number of nitrogens with zero attached hydrogens (tertiary/aromatic N) is 4. The fraction of sp³-hybridized carbons (Fsp3) is 0.278. The van der Waals surface area contributed by atoms with Crippen LogP contribution in [0.15, 0.2) is 48.8 Å². The minimum absolute atomic E-state index is 0.353. The second-order valence-electron chi connectivity index (χ2n) is 5.51. The van der Waals surface area contributed by atoms with Gasteiger partial charge in [0.05, 0.1) is 11.4 Å². The molecule has 2 heterocycles. The molecule has 0 aliphatic carbocycles. The minimum atomic E-state index is 0.353. The molecule has 0 bridgehead atoms. The molecule has 3 rings (SSSR count). The standard InChI is InChI=1S/C18H21N5/c1-2-3-4-14-5-7-16(8-6-14)23-18(17(13-19)21-22-23)15-9-11-20-12-10-15/h5-12H,2-4,13,19H2,1H3. The molecule has 0 unspecified atom stereocenters. The molecular weight excluding hydrogens is 286 g/mol. The van der Waals surface area contributed by atoms with Gasteiger partial charge in [0, 0.05) is 24.5 Å². The van der Waals surface area contributed by atoms with Crippen molar-refractivity contribution in [1.29, 1.82) is 0 Å². The molecule has 23 heavy (non-hydrogen) atoms. The molecule has 0 atom stereocenters. The van der Waals surface area contributed by atoms with Gasteiger partial charge in [0.1, 0.15) is 5.69 Å². The zero-order valence-electron chi connectivity index (χ0n) is 13.3. The molecule has 2 aromatic heterocycles. The van der Waals surface area contributed by atoms with Crippen LogP contribution in [0.3, 0.4) is 0 Å². The summed E-state index contributed by atoms with van der Waals surface area (Å²) in [4.78, 5) is 4.07. The van der Waals surface area contributed by atoms with Crippen molar-refractivity contribution in [1.82, 2.24) is 20.0 Å². The van der Waals surface area contributed by atoms with Gasteiger partial charge in [-0.3, -0.25) is 4.98 Å². The molecule has 0 saturated carbocycles. The fourth-order valence-corrected chi connectivity index (χ4v) is 2.61. The number of rotatable bonds is 6. The number of hydrogen-bond donors (Lipinski definition) is 1. The van der Waals surface area contributed by atoms with E-state index in [1.165, 1.54) is 18.4 Å². The van der Waals surface area contributed by atoms with Gasteiger partial charge in [-0.05, 0) is 42.7 Å². The van der Waals surface area contributed by atoms with Gasteiger partial charge in [-0.25, -0.2) is 4.68 Å². The molecule has 3 aromatic rings. The minimum Gasteiger partial charge on any atom is -0.325 e. The van der Waals surface area contributed by atoms with Gasteiger partial charge in [0.25, 0.3) is 0 Å². The summed E-state index contributed by atoms with van der Waals surface area (Å²) in [5.74, 6) is 0. The van der Waals surface area contributed by atoms with E-state index in [0.717, 1.165) is 29.1 Å². The Balaban J connectivity index is 1.98. The Morgan fingerprint density at radius 2 is 1.78 bits per heavy atom. The third-order valence-corrected chi connectivity index (χ3v) is 3.89. The lowest BCUT2D eigenvalue weighted by atomic mass is 10.1. The number of benzene rings is 1. The third kappa shape index (κ3) is 3.29. The van der Waals surface area contributed by atoms with Crippen molar-refractivity contribution in [2.45, 2.75) is 32.7 Å². The van der Waals surface area contributed by atoms with Crippen LogP contribution in [0.4, 0.5) is 0 Å². The van der Waals surface area contributed by atoms with Crippen LogP contribution in [0.1, 0.15) is 31.0 Å². The normalized spacial score (nSPS) is 10.9. The van der Waals surface area contributed by atoms with Gasteiger partial charge in [-0.2, -0.15) is 0 Å². The molecule has 0 saturated heterocycles. The lowest BCUT2D eigenvalue weighted by Crippen LogP contribution is -2.03. The predicted octanol–water partition coefficient (Wildman–Crippen LogP) is 3.13. The predicted molar refractivity (Wildman–Crippen MR) is 91.1 cm³/mol. The van der Waals surface area contributed by atoms with Crippen LogP contribution >= 0.6 is 0 Å². The summed E-state index contributed by atoms with van der Waals surface area (Å²) in [5, 5.41) is 8.52. The largest absolute Gasteiger partial charge is 0.325 e. The van der Waals surface area contributed by atoms with Crippen molar-refractivity contribution >= 4 is 0 Å². The molecule has 0 spiro atoms. The van der Waals surface area contributed by atoms with Gasteiger partial charge >= 0.3 is 0 Å². The van der Waals surface area contributed by atoms with E-state index in [9.17, 15) is 0 Å². The van der Waals surface area contributed by atoms with Crippen molar-refractivity contribution in [3.8, 4) is 16.9 Å². The molecule has 0 radical (unpaired) electrons. The first-order valence-corrected chi connectivity index (χ1v) is 7.98. The average Bonchev–Trinajstić information content (AvgIpc) is 3.05. The van der Waals surface area contributed by atoms with Gasteiger partial charge in [-0.15, -0.1) is 5.10 Å². The highest BCUT2D eigenvalue weighted by Gasteiger charge is 2.15. The van der Waals surface area contributed by atoms with Gasteiger partial charge in [0.2, 0.25) is 0 Å². The van der Waals surface area contributed by atoms with E-state index >= 15 is 0 Å². The Kier molecular flexibility index (Phi) is 4.78. The highest BCUT2D eigenvalue weighted by molar-refractivity contribution is 5.63. The quantitative estimate of drug-likeness (QED) is 0.759. The second kappa shape index (κ2) is 7.15. The number of hydrogen-bond acceptors (Lipinski definition) is 4. The zero-order chi connectivity index (χ0) is 16.1. The maximum Gasteiger partial charge on any atom is 0.105 e.